The lowest BCUT2D eigenvalue weighted by Gasteiger charge is -2.18. The van der Waals surface area contributed by atoms with E-state index in [-0.39, 0.29) is 29.5 Å². The van der Waals surface area contributed by atoms with Gasteiger partial charge in [-0.1, -0.05) is 0 Å². The van der Waals surface area contributed by atoms with Crippen molar-refractivity contribution in [1.82, 2.24) is 15.0 Å². The summed E-state index contributed by atoms with van der Waals surface area (Å²) in [7, 11) is 0. The maximum Gasteiger partial charge on any atom is 0.408 e. The highest BCUT2D eigenvalue weighted by Gasteiger charge is 2.36. The van der Waals surface area contributed by atoms with Crippen LogP contribution in [0.4, 0.5) is 23.5 Å². The lowest BCUT2D eigenvalue weighted by atomic mass is 9.97. The van der Waals surface area contributed by atoms with Crippen molar-refractivity contribution in [3.8, 4) is 0 Å². The average Bonchev–Trinajstić information content (AvgIpc) is 2.40. The van der Waals surface area contributed by atoms with Gasteiger partial charge in [0.1, 0.15) is 6.04 Å². The van der Waals surface area contributed by atoms with Crippen LogP contribution in [0.15, 0.2) is 5.83 Å². The van der Waals surface area contributed by atoms with Gasteiger partial charge < -0.3 is 5.32 Å². The van der Waals surface area contributed by atoms with Gasteiger partial charge in [-0.2, -0.15) is 28.1 Å². The van der Waals surface area contributed by atoms with Gasteiger partial charge in [-0.3, -0.25) is 4.79 Å². The molecule has 0 saturated heterocycles. The van der Waals surface area contributed by atoms with Gasteiger partial charge in [-0.25, -0.2) is 4.39 Å². The number of rotatable bonds is 3. The normalized spacial score (nSPS) is 17.6. The van der Waals surface area contributed by atoms with Crippen molar-refractivity contribution in [2.24, 2.45) is 0 Å². The summed E-state index contributed by atoms with van der Waals surface area (Å²) in [5.74, 6) is -2.33. The maximum atomic E-state index is 13.8. The summed E-state index contributed by atoms with van der Waals surface area (Å²) in [4.78, 5) is 22.3. The van der Waals surface area contributed by atoms with Gasteiger partial charge in [0.15, 0.2) is 17.4 Å². The van der Waals surface area contributed by atoms with Crippen molar-refractivity contribution in [1.29, 1.82) is 0 Å². The number of ketones is 1. The molecule has 0 spiro atoms. The molecule has 0 saturated carbocycles. The lowest BCUT2D eigenvalue weighted by Crippen LogP contribution is -2.34. The molecule has 10 heteroatoms. The Labute approximate surface area is 127 Å². The van der Waals surface area contributed by atoms with Crippen LogP contribution in [0.2, 0.25) is 5.28 Å². The predicted octanol–water partition coefficient (Wildman–Crippen LogP) is 3.32. The summed E-state index contributed by atoms with van der Waals surface area (Å²) in [6, 6.07) is -1.93. The van der Waals surface area contributed by atoms with E-state index in [0.29, 0.717) is 6.42 Å². The van der Waals surface area contributed by atoms with Crippen LogP contribution in [0.5, 0.6) is 0 Å². The number of hydrogen-bond donors (Lipinski definition) is 1. The van der Waals surface area contributed by atoms with Crippen LogP contribution < -0.4 is 5.32 Å². The Morgan fingerprint density at radius 3 is 2.55 bits per heavy atom. The average molecular weight is 339 g/mol. The molecule has 1 N–H and O–H groups in total. The van der Waals surface area contributed by atoms with E-state index in [9.17, 15) is 22.4 Å². The molecule has 5 nitrogen and oxygen atoms in total. The number of halogens is 5. The monoisotopic (exact) mass is 338 g/mol. The fraction of sp³-hybridized carbons (Fsp3) is 0.500. The number of allylic oxidation sites excluding steroid dienone is 2. The zero-order valence-corrected chi connectivity index (χ0v) is 12.1. The summed E-state index contributed by atoms with van der Waals surface area (Å²) < 4.78 is 51.4. The SMILES string of the molecule is CC(Nc1nc(Cl)nc(C2=C(F)C(=O)CCC2)n1)C(F)(F)F. The van der Waals surface area contributed by atoms with Crippen LogP contribution in [0.3, 0.4) is 0 Å². The van der Waals surface area contributed by atoms with Gasteiger partial charge >= 0.3 is 6.18 Å². The molecule has 1 heterocycles. The molecule has 0 bridgehead atoms. The third-order valence-corrected chi connectivity index (χ3v) is 3.22. The quantitative estimate of drug-likeness (QED) is 0.856. The third-order valence-electron chi connectivity index (χ3n) is 3.06. The lowest BCUT2D eigenvalue weighted by molar-refractivity contribution is -0.138. The van der Waals surface area contributed by atoms with E-state index >= 15 is 0 Å². The van der Waals surface area contributed by atoms with Crippen molar-refractivity contribution in [3.05, 3.63) is 16.9 Å². The van der Waals surface area contributed by atoms with Crippen molar-refractivity contribution < 1.29 is 22.4 Å². The Kier molecular flexibility index (Phi) is 4.64. The van der Waals surface area contributed by atoms with Gasteiger partial charge in [0.05, 0.1) is 0 Å². The van der Waals surface area contributed by atoms with Crippen molar-refractivity contribution >= 4 is 28.9 Å². The van der Waals surface area contributed by atoms with Crippen molar-refractivity contribution in [3.63, 3.8) is 0 Å². The molecular weight excluding hydrogens is 328 g/mol. The zero-order chi connectivity index (χ0) is 16.5. The van der Waals surface area contributed by atoms with Gasteiger partial charge in [0.2, 0.25) is 11.2 Å². The minimum absolute atomic E-state index is 0.0664. The first-order valence-electron chi connectivity index (χ1n) is 6.35. The molecule has 1 unspecified atom stereocenters. The Morgan fingerprint density at radius 2 is 1.91 bits per heavy atom. The molecule has 120 valence electrons. The van der Waals surface area contributed by atoms with E-state index in [1.54, 1.807) is 0 Å². The second-order valence-corrected chi connectivity index (χ2v) is 5.07. The number of carbonyl (C=O) groups is 1. The van der Waals surface area contributed by atoms with E-state index in [1.807, 2.05) is 5.32 Å². The molecular formula is C12H11ClF4N4O. The summed E-state index contributed by atoms with van der Waals surface area (Å²) in [6.07, 6.45) is -3.83. The van der Waals surface area contributed by atoms with Gasteiger partial charge in [-0.05, 0) is 31.4 Å². The summed E-state index contributed by atoms with van der Waals surface area (Å²) in [6.45, 7) is 0.876. The van der Waals surface area contributed by atoms with Gasteiger partial charge in [0, 0.05) is 12.0 Å². The first kappa shape index (κ1) is 16.6. The minimum atomic E-state index is -4.51. The third kappa shape index (κ3) is 3.70. The number of Topliss-reactive ketones (excluding diaryl/α,β-unsaturated/α-hetero) is 1. The number of anilines is 1. The van der Waals surface area contributed by atoms with Crippen LogP contribution in [0.25, 0.3) is 5.57 Å². The van der Waals surface area contributed by atoms with E-state index in [0.717, 1.165) is 6.92 Å². The Balaban J connectivity index is 2.35. The number of nitrogens with one attached hydrogen (secondary N) is 1. The fourth-order valence-corrected chi connectivity index (χ4v) is 2.01. The Morgan fingerprint density at radius 1 is 1.23 bits per heavy atom. The van der Waals surface area contributed by atoms with E-state index in [2.05, 4.69) is 15.0 Å². The standard InChI is InChI=1S/C12H11ClF4N4O/c1-5(12(15,16)17)18-11-20-9(19-10(13)21-11)6-3-2-4-7(22)8(6)14/h5H,2-4H2,1H3,(H,18,19,20,21). The molecule has 0 aliphatic heterocycles. The highest BCUT2D eigenvalue weighted by atomic mass is 35.5. The highest BCUT2D eigenvalue weighted by molar-refractivity contribution is 6.28. The first-order valence-corrected chi connectivity index (χ1v) is 6.73. The fourth-order valence-electron chi connectivity index (χ4n) is 1.85. The molecule has 1 aliphatic carbocycles. The molecule has 1 aromatic heterocycles. The van der Waals surface area contributed by atoms with Crippen LogP contribution in [0, 0.1) is 0 Å². The molecule has 0 fully saturated rings. The molecule has 0 amide bonds. The maximum absolute atomic E-state index is 13.8. The van der Waals surface area contributed by atoms with E-state index in [1.165, 1.54) is 0 Å². The molecule has 22 heavy (non-hydrogen) atoms. The second-order valence-electron chi connectivity index (χ2n) is 4.73. The summed E-state index contributed by atoms with van der Waals surface area (Å²) in [5, 5.41) is 1.64. The smallest absolute Gasteiger partial charge is 0.343 e. The van der Waals surface area contributed by atoms with Gasteiger partial charge in [0.25, 0.3) is 0 Å². The number of hydrogen-bond acceptors (Lipinski definition) is 5. The number of nitrogens with zero attached hydrogens (tertiary/aromatic N) is 3. The largest absolute Gasteiger partial charge is 0.408 e. The van der Waals surface area contributed by atoms with E-state index in [4.69, 9.17) is 11.6 Å². The van der Waals surface area contributed by atoms with Crippen LogP contribution in [-0.2, 0) is 4.79 Å². The van der Waals surface area contributed by atoms with Crippen molar-refractivity contribution in [2.45, 2.75) is 38.4 Å². The molecule has 1 aromatic rings. The molecule has 0 aromatic carbocycles. The summed E-state index contributed by atoms with van der Waals surface area (Å²) in [5.41, 5.74) is -0.0664. The molecule has 0 radical (unpaired) electrons. The van der Waals surface area contributed by atoms with Gasteiger partial charge in [-0.15, -0.1) is 0 Å². The number of alkyl halides is 3. The first-order chi connectivity index (χ1) is 10.2. The van der Waals surface area contributed by atoms with Crippen LogP contribution in [0.1, 0.15) is 32.0 Å². The Hall–Kier alpha value is -1.77. The second kappa shape index (κ2) is 6.15. The number of carbonyl (C=O) groups excluding carboxylic acids is 1. The number of aromatic nitrogens is 3. The minimum Gasteiger partial charge on any atom is -0.343 e. The predicted molar refractivity (Wildman–Crippen MR) is 70.9 cm³/mol. The van der Waals surface area contributed by atoms with Crippen LogP contribution in [-0.4, -0.2) is 33.0 Å². The van der Waals surface area contributed by atoms with Crippen LogP contribution >= 0.6 is 11.6 Å². The van der Waals surface area contributed by atoms with Crippen molar-refractivity contribution in [2.75, 3.05) is 5.32 Å². The summed E-state index contributed by atoms with van der Waals surface area (Å²) >= 11 is 5.64. The molecule has 1 aliphatic rings. The Bertz CT molecular complexity index is 632. The molecule has 2 rings (SSSR count). The topological polar surface area (TPSA) is 67.8 Å². The zero-order valence-electron chi connectivity index (χ0n) is 11.3. The highest BCUT2D eigenvalue weighted by Crippen LogP contribution is 2.30. The molecule has 1 atom stereocenters. The van der Waals surface area contributed by atoms with E-state index < -0.39 is 29.8 Å².